The first-order chi connectivity index (χ1) is 8.75. The van der Waals surface area contributed by atoms with E-state index in [4.69, 9.17) is 17.3 Å². The molecular weight excluding hydrogens is 270 g/mol. The van der Waals surface area contributed by atoms with E-state index in [0.29, 0.717) is 10.8 Å². The lowest BCUT2D eigenvalue weighted by Crippen LogP contribution is -1.92. The molecule has 0 spiro atoms. The van der Waals surface area contributed by atoms with Crippen LogP contribution in [0.3, 0.4) is 0 Å². The zero-order chi connectivity index (χ0) is 12.5. The summed E-state index contributed by atoms with van der Waals surface area (Å²) in [6.45, 7) is 0. The number of aromatic nitrogens is 4. The van der Waals surface area contributed by atoms with E-state index in [1.165, 1.54) is 11.8 Å². The highest BCUT2D eigenvalue weighted by atomic mass is 35.5. The number of anilines is 1. The van der Waals surface area contributed by atoms with Crippen molar-refractivity contribution in [2.24, 2.45) is 0 Å². The fourth-order valence-corrected chi connectivity index (χ4v) is 2.69. The van der Waals surface area contributed by atoms with Gasteiger partial charge in [0, 0.05) is 29.7 Å². The van der Waals surface area contributed by atoms with Crippen LogP contribution in [0.15, 0.2) is 47.0 Å². The Morgan fingerprint density at radius 3 is 3.00 bits per heavy atom. The van der Waals surface area contributed by atoms with Gasteiger partial charge in [-0.15, -0.1) is 0 Å². The molecule has 0 atom stereocenters. The van der Waals surface area contributed by atoms with Crippen LogP contribution in [-0.4, -0.2) is 19.4 Å². The molecule has 0 aromatic carbocycles. The molecule has 3 rings (SSSR count). The quantitative estimate of drug-likeness (QED) is 0.779. The molecule has 3 heterocycles. The zero-order valence-corrected chi connectivity index (χ0v) is 10.7. The summed E-state index contributed by atoms with van der Waals surface area (Å²) in [6.07, 6.45) is 8.65. The molecule has 0 fully saturated rings. The molecule has 0 aliphatic heterocycles. The van der Waals surface area contributed by atoms with Crippen molar-refractivity contribution in [3.8, 4) is 0 Å². The van der Waals surface area contributed by atoms with Crippen molar-refractivity contribution < 1.29 is 0 Å². The number of rotatable bonds is 2. The van der Waals surface area contributed by atoms with Crippen LogP contribution in [0, 0.1) is 0 Å². The van der Waals surface area contributed by atoms with Crippen molar-refractivity contribution in [1.29, 1.82) is 0 Å². The van der Waals surface area contributed by atoms with Gasteiger partial charge in [-0.25, -0.2) is 15.0 Å². The van der Waals surface area contributed by atoms with Crippen LogP contribution in [-0.2, 0) is 0 Å². The number of nitrogen functional groups attached to an aromatic ring is 1. The van der Waals surface area contributed by atoms with Gasteiger partial charge in [0.15, 0.2) is 5.65 Å². The normalized spacial score (nSPS) is 10.9. The first kappa shape index (κ1) is 11.3. The summed E-state index contributed by atoms with van der Waals surface area (Å²) in [5.41, 5.74) is 6.51. The van der Waals surface area contributed by atoms with Crippen LogP contribution < -0.4 is 5.73 Å². The predicted octanol–water partition coefficient (Wildman–Crippen LogP) is 2.51. The average molecular weight is 278 g/mol. The number of pyridine rings is 1. The molecular formula is C11H8ClN5S. The van der Waals surface area contributed by atoms with Gasteiger partial charge >= 0.3 is 0 Å². The molecule has 0 amide bonds. The van der Waals surface area contributed by atoms with Crippen molar-refractivity contribution in [1.82, 2.24) is 19.4 Å². The second kappa shape index (κ2) is 4.47. The van der Waals surface area contributed by atoms with E-state index in [1.807, 2.05) is 16.7 Å². The van der Waals surface area contributed by atoms with Gasteiger partial charge in [0.05, 0.1) is 9.92 Å². The molecule has 18 heavy (non-hydrogen) atoms. The minimum absolute atomic E-state index is 0.324. The summed E-state index contributed by atoms with van der Waals surface area (Å²) in [4.78, 5) is 14.1. The molecule has 0 aliphatic rings. The smallest absolute Gasteiger partial charge is 0.153 e. The largest absolute Gasteiger partial charge is 0.382 e. The maximum Gasteiger partial charge on any atom is 0.153 e. The summed E-state index contributed by atoms with van der Waals surface area (Å²) in [5.74, 6) is 0.324. The molecule has 5 nitrogen and oxygen atoms in total. The summed E-state index contributed by atoms with van der Waals surface area (Å²) in [6, 6.07) is 1.82. The van der Waals surface area contributed by atoms with Crippen LogP contribution in [0.25, 0.3) is 5.65 Å². The molecule has 0 aliphatic carbocycles. The molecule has 7 heteroatoms. The van der Waals surface area contributed by atoms with Crippen LogP contribution in [0.4, 0.5) is 5.82 Å². The molecule has 0 saturated heterocycles. The first-order valence-electron chi connectivity index (χ1n) is 5.10. The Hall–Kier alpha value is -1.79. The number of hydrogen-bond acceptors (Lipinski definition) is 5. The van der Waals surface area contributed by atoms with Gasteiger partial charge < -0.3 is 5.73 Å². The minimum atomic E-state index is 0.324. The van der Waals surface area contributed by atoms with Crippen LogP contribution in [0.5, 0.6) is 0 Å². The number of hydrogen-bond donors (Lipinski definition) is 1. The second-order valence-electron chi connectivity index (χ2n) is 3.53. The van der Waals surface area contributed by atoms with E-state index in [0.717, 1.165) is 15.4 Å². The molecule has 3 aromatic rings. The third-order valence-corrected chi connectivity index (χ3v) is 3.95. The standard InChI is InChI=1S/C11H8ClN5S/c12-9-7(1-2-15-10(9)13)18-8-5-14-6-17-4-3-16-11(8)17/h1-6H,(H2,13,15). The van der Waals surface area contributed by atoms with Gasteiger partial charge in [-0.1, -0.05) is 23.4 Å². The molecule has 0 unspecified atom stereocenters. The third-order valence-electron chi connectivity index (χ3n) is 2.37. The van der Waals surface area contributed by atoms with Crippen molar-refractivity contribution in [3.05, 3.63) is 42.2 Å². The fourth-order valence-electron chi connectivity index (χ4n) is 1.54. The Kier molecular flexibility index (Phi) is 2.81. The molecule has 90 valence electrons. The highest BCUT2D eigenvalue weighted by molar-refractivity contribution is 7.99. The van der Waals surface area contributed by atoms with Gasteiger partial charge in [-0.2, -0.15) is 0 Å². The molecule has 0 bridgehead atoms. The highest BCUT2D eigenvalue weighted by Gasteiger charge is 2.10. The summed E-state index contributed by atoms with van der Waals surface area (Å²) >= 11 is 7.58. The Balaban J connectivity index is 2.06. The van der Waals surface area contributed by atoms with E-state index in [1.54, 1.807) is 24.9 Å². The molecule has 3 aromatic heterocycles. The number of fused-ring (bicyclic) bond motifs is 1. The van der Waals surface area contributed by atoms with Gasteiger partial charge in [0.25, 0.3) is 0 Å². The highest BCUT2D eigenvalue weighted by Crippen LogP contribution is 2.36. The van der Waals surface area contributed by atoms with Gasteiger partial charge in [-0.05, 0) is 6.07 Å². The van der Waals surface area contributed by atoms with E-state index >= 15 is 0 Å². The van der Waals surface area contributed by atoms with Crippen LogP contribution in [0.2, 0.25) is 5.02 Å². The van der Waals surface area contributed by atoms with Gasteiger partial charge in [0.1, 0.15) is 12.1 Å². The number of nitrogens with zero attached hydrogens (tertiary/aromatic N) is 4. The molecule has 2 N–H and O–H groups in total. The number of imidazole rings is 1. The Labute approximate surface area is 112 Å². The zero-order valence-electron chi connectivity index (χ0n) is 9.12. The Morgan fingerprint density at radius 1 is 1.22 bits per heavy atom. The number of nitrogens with two attached hydrogens (primary N) is 1. The lowest BCUT2D eigenvalue weighted by Gasteiger charge is -2.06. The monoisotopic (exact) mass is 277 g/mol. The minimum Gasteiger partial charge on any atom is -0.382 e. The third kappa shape index (κ3) is 1.89. The fraction of sp³-hybridized carbons (Fsp3) is 0. The SMILES string of the molecule is Nc1nccc(Sc2cncn3ccnc23)c1Cl. The molecule has 0 radical (unpaired) electrons. The summed E-state index contributed by atoms with van der Waals surface area (Å²) in [5, 5.41) is 0.455. The van der Waals surface area contributed by atoms with Crippen molar-refractivity contribution >= 4 is 34.8 Å². The topological polar surface area (TPSA) is 69.1 Å². The van der Waals surface area contributed by atoms with E-state index in [9.17, 15) is 0 Å². The Morgan fingerprint density at radius 2 is 2.11 bits per heavy atom. The van der Waals surface area contributed by atoms with Crippen molar-refractivity contribution in [2.75, 3.05) is 5.73 Å². The van der Waals surface area contributed by atoms with Crippen molar-refractivity contribution in [3.63, 3.8) is 0 Å². The maximum absolute atomic E-state index is 6.11. The van der Waals surface area contributed by atoms with Gasteiger partial charge in [-0.3, -0.25) is 4.40 Å². The van der Waals surface area contributed by atoms with Gasteiger partial charge in [0.2, 0.25) is 0 Å². The lowest BCUT2D eigenvalue weighted by molar-refractivity contribution is 1.04. The van der Waals surface area contributed by atoms with Crippen molar-refractivity contribution in [2.45, 2.75) is 9.79 Å². The van der Waals surface area contributed by atoms with E-state index in [-0.39, 0.29) is 0 Å². The van der Waals surface area contributed by atoms with Crippen LogP contribution in [0.1, 0.15) is 0 Å². The Bertz CT molecular complexity index is 711. The lowest BCUT2D eigenvalue weighted by atomic mass is 10.5. The van der Waals surface area contributed by atoms with E-state index in [2.05, 4.69) is 15.0 Å². The average Bonchev–Trinajstić information content (AvgIpc) is 2.84. The first-order valence-corrected chi connectivity index (χ1v) is 6.29. The number of halogens is 1. The van der Waals surface area contributed by atoms with E-state index < -0.39 is 0 Å². The second-order valence-corrected chi connectivity index (χ2v) is 4.99. The summed E-state index contributed by atoms with van der Waals surface area (Å²) in [7, 11) is 0. The van der Waals surface area contributed by atoms with Crippen LogP contribution >= 0.6 is 23.4 Å². The maximum atomic E-state index is 6.11. The predicted molar refractivity (Wildman–Crippen MR) is 70.8 cm³/mol. The summed E-state index contributed by atoms with van der Waals surface area (Å²) < 4.78 is 1.85. The molecule has 0 saturated carbocycles.